The smallest absolute Gasteiger partial charge is 0.264 e. The van der Waals surface area contributed by atoms with Gasteiger partial charge in [0.05, 0.1) is 22.4 Å². The lowest BCUT2D eigenvalue weighted by Gasteiger charge is -2.36. The summed E-state index contributed by atoms with van der Waals surface area (Å²) in [7, 11) is -4.42. The average Bonchev–Trinajstić information content (AvgIpc) is 3.05. The lowest BCUT2D eigenvalue weighted by molar-refractivity contribution is -0.123. The molecule has 0 saturated heterocycles. The Hall–Kier alpha value is -3.01. The van der Waals surface area contributed by atoms with Crippen molar-refractivity contribution in [2.24, 2.45) is 0 Å². The number of anilines is 2. The molecule has 2 aromatic carbocycles. The van der Waals surface area contributed by atoms with E-state index in [0.717, 1.165) is 50.7 Å². The van der Waals surface area contributed by atoms with Crippen molar-refractivity contribution >= 4 is 33.2 Å². The van der Waals surface area contributed by atoms with E-state index in [1.807, 2.05) is 0 Å². The van der Waals surface area contributed by atoms with Gasteiger partial charge in [-0.3, -0.25) is 14.3 Å². The fourth-order valence-corrected chi connectivity index (χ4v) is 6.29. The summed E-state index contributed by atoms with van der Waals surface area (Å²) in [6.45, 7) is 0. The Labute approximate surface area is 196 Å². The molecule has 1 heterocycles. The summed E-state index contributed by atoms with van der Waals surface area (Å²) < 4.78 is 55.6. The van der Waals surface area contributed by atoms with Gasteiger partial charge in [-0.15, -0.1) is 0 Å². The Morgan fingerprint density at radius 1 is 1.03 bits per heavy atom. The predicted octanol–water partition coefficient (Wildman–Crippen LogP) is 4.20. The molecule has 2 aromatic rings. The van der Waals surface area contributed by atoms with Gasteiger partial charge in [0.2, 0.25) is 5.91 Å². The van der Waals surface area contributed by atoms with E-state index in [4.69, 9.17) is 0 Å². The van der Waals surface area contributed by atoms with Gasteiger partial charge in [0.25, 0.3) is 15.9 Å². The number of carbonyl (C=O) groups is 2. The first-order valence-electron chi connectivity index (χ1n) is 11.5. The Bertz CT molecular complexity index is 1290. The maximum atomic E-state index is 14.2. The van der Waals surface area contributed by atoms with Crippen LogP contribution < -0.4 is 15.4 Å². The van der Waals surface area contributed by atoms with E-state index in [1.54, 1.807) is 0 Å². The molecule has 0 aromatic heterocycles. The van der Waals surface area contributed by atoms with E-state index in [0.29, 0.717) is 30.2 Å². The Kier molecular flexibility index (Phi) is 5.58. The van der Waals surface area contributed by atoms with Gasteiger partial charge in [0.15, 0.2) is 0 Å². The van der Waals surface area contributed by atoms with Gasteiger partial charge in [0.1, 0.15) is 16.5 Å². The molecular weight excluding hydrogens is 464 g/mol. The molecule has 1 aliphatic heterocycles. The molecule has 3 N–H and O–H groups in total. The van der Waals surface area contributed by atoms with Gasteiger partial charge in [-0.05, 0) is 55.5 Å². The fraction of sp³-hybridized carbons (Fsp3) is 0.417. The van der Waals surface area contributed by atoms with E-state index in [1.165, 1.54) is 12.1 Å². The Morgan fingerprint density at radius 2 is 1.76 bits per heavy atom. The number of fused-ring (bicyclic) bond motifs is 2. The average molecular weight is 490 g/mol. The highest BCUT2D eigenvalue weighted by Crippen LogP contribution is 2.52. The van der Waals surface area contributed by atoms with Gasteiger partial charge in [0, 0.05) is 12.1 Å². The molecule has 1 spiro atoms. The summed E-state index contributed by atoms with van der Waals surface area (Å²) in [6.07, 6.45) is 6.92. The number of sulfonamides is 1. The Morgan fingerprint density at radius 3 is 2.41 bits per heavy atom. The Balaban J connectivity index is 1.54. The maximum Gasteiger partial charge on any atom is 0.264 e. The molecule has 2 fully saturated rings. The molecule has 2 saturated carbocycles. The van der Waals surface area contributed by atoms with Gasteiger partial charge < -0.3 is 10.6 Å². The molecule has 7 nitrogen and oxygen atoms in total. The molecule has 5 rings (SSSR count). The summed E-state index contributed by atoms with van der Waals surface area (Å²) in [5.74, 6) is -2.72. The van der Waals surface area contributed by atoms with E-state index in [-0.39, 0.29) is 23.2 Å². The number of rotatable bonds is 5. The standard InChI is InChI=1S/C24H25F2N3O4S/c25-14-7-8-20(19(26)11-14)34(32,33)29-16-12-17(22(30)27-15-5-2-1-3-6-15)21-18(13-16)24(9-4-10-24)23(31)28-21/h7-8,11-13,15,29H,1-6,9-10H2,(H,27,30)(H,28,31). The highest BCUT2D eigenvalue weighted by atomic mass is 32.2. The van der Waals surface area contributed by atoms with E-state index < -0.39 is 37.9 Å². The lowest BCUT2D eigenvalue weighted by atomic mass is 9.65. The van der Waals surface area contributed by atoms with Crippen molar-refractivity contribution < 1.29 is 26.8 Å². The van der Waals surface area contributed by atoms with Crippen LogP contribution in [-0.2, 0) is 20.2 Å². The maximum absolute atomic E-state index is 14.2. The molecule has 180 valence electrons. The van der Waals surface area contributed by atoms with E-state index >= 15 is 0 Å². The number of benzene rings is 2. The number of hydrogen-bond donors (Lipinski definition) is 3. The quantitative estimate of drug-likeness (QED) is 0.586. The second kappa shape index (κ2) is 8.33. The van der Waals surface area contributed by atoms with Crippen LogP contribution in [0.4, 0.5) is 20.2 Å². The van der Waals surface area contributed by atoms with Crippen LogP contribution in [0.15, 0.2) is 35.2 Å². The monoisotopic (exact) mass is 489 g/mol. The van der Waals surface area contributed by atoms with Crippen LogP contribution >= 0.6 is 0 Å². The third-order valence-corrected chi connectivity index (χ3v) is 8.57. The van der Waals surface area contributed by atoms with Gasteiger partial charge in [-0.25, -0.2) is 17.2 Å². The van der Waals surface area contributed by atoms with Crippen molar-refractivity contribution in [3.63, 3.8) is 0 Å². The largest absolute Gasteiger partial charge is 0.349 e. The van der Waals surface area contributed by atoms with Gasteiger partial charge in [-0.2, -0.15) is 0 Å². The summed E-state index contributed by atoms with van der Waals surface area (Å²) >= 11 is 0. The topological polar surface area (TPSA) is 104 Å². The van der Waals surface area contributed by atoms with Gasteiger partial charge >= 0.3 is 0 Å². The summed E-state index contributed by atoms with van der Waals surface area (Å²) in [5, 5.41) is 5.85. The minimum absolute atomic E-state index is 0.0142. The van der Waals surface area contributed by atoms with Crippen molar-refractivity contribution in [1.29, 1.82) is 0 Å². The molecular formula is C24H25F2N3O4S. The van der Waals surface area contributed by atoms with Crippen LogP contribution in [0.25, 0.3) is 0 Å². The third kappa shape index (κ3) is 3.83. The minimum Gasteiger partial charge on any atom is -0.349 e. The predicted molar refractivity (Wildman–Crippen MR) is 122 cm³/mol. The molecule has 2 aliphatic carbocycles. The summed E-state index contributed by atoms with van der Waals surface area (Å²) in [6, 6.07) is 5.09. The zero-order chi connectivity index (χ0) is 24.1. The molecule has 2 amide bonds. The van der Waals surface area contributed by atoms with Crippen molar-refractivity contribution in [3.05, 3.63) is 53.1 Å². The number of carbonyl (C=O) groups excluding carboxylic acids is 2. The molecule has 0 atom stereocenters. The van der Waals surface area contributed by atoms with Crippen LogP contribution in [0.5, 0.6) is 0 Å². The molecule has 3 aliphatic rings. The van der Waals surface area contributed by atoms with E-state index in [2.05, 4.69) is 15.4 Å². The van der Waals surface area contributed by atoms with Crippen LogP contribution in [-0.4, -0.2) is 26.3 Å². The number of nitrogens with one attached hydrogen (secondary N) is 3. The summed E-state index contributed by atoms with van der Waals surface area (Å²) in [4.78, 5) is 25.4. The molecule has 10 heteroatoms. The molecule has 0 bridgehead atoms. The van der Waals surface area contributed by atoms with Crippen molar-refractivity contribution in [2.45, 2.75) is 67.7 Å². The first-order chi connectivity index (χ1) is 16.2. The second-order valence-electron chi connectivity index (χ2n) is 9.32. The molecule has 0 radical (unpaired) electrons. The van der Waals surface area contributed by atoms with Crippen LogP contribution in [0.2, 0.25) is 0 Å². The van der Waals surface area contributed by atoms with Gasteiger partial charge in [-0.1, -0.05) is 25.7 Å². The SMILES string of the molecule is O=C(NC1CCCCC1)c1cc(NS(=O)(=O)c2ccc(F)cc2F)cc2c1NC(=O)C21CCC1. The zero-order valence-corrected chi connectivity index (χ0v) is 19.2. The zero-order valence-electron chi connectivity index (χ0n) is 18.4. The minimum atomic E-state index is -4.42. The lowest BCUT2D eigenvalue weighted by Crippen LogP contribution is -2.40. The summed E-state index contributed by atoms with van der Waals surface area (Å²) in [5.41, 5.74) is 0.375. The van der Waals surface area contributed by atoms with Crippen molar-refractivity contribution in [2.75, 3.05) is 10.0 Å². The number of hydrogen-bond acceptors (Lipinski definition) is 4. The highest BCUT2D eigenvalue weighted by molar-refractivity contribution is 7.92. The first kappa shape index (κ1) is 22.8. The second-order valence-corrected chi connectivity index (χ2v) is 11.0. The van der Waals surface area contributed by atoms with Crippen molar-refractivity contribution in [1.82, 2.24) is 5.32 Å². The van der Waals surface area contributed by atoms with Crippen LogP contribution in [0.1, 0.15) is 67.3 Å². The van der Waals surface area contributed by atoms with Crippen LogP contribution in [0, 0.1) is 11.6 Å². The van der Waals surface area contributed by atoms with Crippen LogP contribution in [0.3, 0.4) is 0 Å². The number of amides is 2. The third-order valence-electron chi connectivity index (χ3n) is 7.15. The van der Waals surface area contributed by atoms with E-state index in [9.17, 15) is 26.8 Å². The fourth-order valence-electron chi connectivity index (χ4n) is 5.19. The number of halogens is 2. The highest BCUT2D eigenvalue weighted by Gasteiger charge is 2.52. The normalized spacial score (nSPS) is 19.3. The molecule has 34 heavy (non-hydrogen) atoms. The van der Waals surface area contributed by atoms with Crippen molar-refractivity contribution in [3.8, 4) is 0 Å². The first-order valence-corrected chi connectivity index (χ1v) is 13.0. The molecule has 0 unspecified atom stereocenters.